The van der Waals surface area contributed by atoms with E-state index in [0.29, 0.717) is 5.92 Å². The van der Waals surface area contributed by atoms with E-state index < -0.39 is 5.60 Å². The lowest BCUT2D eigenvalue weighted by atomic mass is 9.92. The smallest absolute Gasteiger partial charge is 0.410 e. The van der Waals surface area contributed by atoms with E-state index in [9.17, 15) is 4.79 Å². The van der Waals surface area contributed by atoms with E-state index in [-0.39, 0.29) is 6.09 Å². The summed E-state index contributed by atoms with van der Waals surface area (Å²) in [6, 6.07) is 15.4. The molecule has 196 valence electrons. The van der Waals surface area contributed by atoms with Crippen LogP contribution < -0.4 is 4.74 Å². The molecule has 1 amide bonds. The number of hydrogen-bond donors (Lipinski definition) is 0. The third kappa shape index (κ3) is 7.73. The fourth-order valence-corrected chi connectivity index (χ4v) is 5.32. The molecule has 0 bridgehead atoms. The zero-order chi connectivity index (χ0) is 25.5. The van der Waals surface area contributed by atoms with Crippen LogP contribution in [0.25, 0.3) is 0 Å². The van der Waals surface area contributed by atoms with Gasteiger partial charge >= 0.3 is 6.09 Å². The minimum atomic E-state index is -0.429. The van der Waals surface area contributed by atoms with Gasteiger partial charge < -0.3 is 14.4 Å². The number of fused-ring (bicyclic) bond motifs is 1. The summed E-state index contributed by atoms with van der Waals surface area (Å²) in [5.74, 6) is 1.67. The number of hydrogen-bond acceptors (Lipinski definition) is 4. The highest BCUT2D eigenvalue weighted by Crippen LogP contribution is 2.25. The zero-order valence-corrected chi connectivity index (χ0v) is 22.7. The normalized spacial score (nSPS) is 17.4. The Labute approximate surface area is 217 Å². The third-order valence-electron chi connectivity index (χ3n) is 7.52. The lowest BCUT2D eigenvalue weighted by molar-refractivity contribution is 0.0179. The molecule has 2 aliphatic heterocycles. The lowest BCUT2D eigenvalue weighted by Gasteiger charge is -2.33. The molecular formula is C31H44N2O3. The maximum absolute atomic E-state index is 12.3. The molecule has 0 spiro atoms. The molecule has 2 aromatic rings. The molecule has 4 rings (SSSR count). The maximum atomic E-state index is 12.3. The Morgan fingerprint density at radius 2 is 1.69 bits per heavy atom. The quantitative estimate of drug-likeness (QED) is 0.419. The van der Waals surface area contributed by atoms with Crippen LogP contribution in [0.5, 0.6) is 5.75 Å². The van der Waals surface area contributed by atoms with Gasteiger partial charge in [-0.05, 0) is 107 Å². The Morgan fingerprint density at radius 1 is 0.972 bits per heavy atom. The summed E-state index contributed by atoms with van der Waals surface area (Å²) < 4.78 is 11.7. The molecule has 0 aromatic heterocycles. The highest BCUT2D eigenvalue weighted by Gasteiger charge is 2.26. The molecule has 1 fully saturated rings. The molecule has 0 saturated carbocycles. The first-order valence-electron chi connectivity index (χ1n) is 13.8. The number of rotatable bonds is 7. The van der Waals surface area contributed by atoms with Gasteiger partial charge in [-0.15, -0.1) is 0 Å². The molecule has 0 radical (unpaired) electrons. The minimum absolute atomic E-state index is 0.175. The second-order valence-electron chi connectivity index (χ2n) is 11.5. The van der Waals surface area contributed by atoms with Gasteiger partial charge in [-0.1, -0.05) is 30.3 Å². The van der Waals surface area contributed by atoms with Gasteiger partial charge in [0.2, 0.25) is 0 Å². The predicted molar refractivity (Wildman–Crippen MR) is 146 cm³/mol. The van der Waals surface area contributed by atoms with Gasteiger partial charge in [-0.25, -0.2) is 4.79 Å². The van der Waals surface area contributed by atoms with Crippen LogP contribution in [0.3, 0.4) is 0 Å². The first kappa shape index (κ1) is 26.5. The molecule has 36 heavy (non-hydrogen) atoms. The van der Waals surface area contributed by atoms with Crippen LogP contribution in [0.15, 0.2) is 42.5 Å². The molecule has 2 heterocycles. The second-order valence-corrected chi connectivity index (χ2v) is 11.5. The molecule has 0 atom stereocenters. The van der Waals surface area contributed by atoms with Gasteiger partial charge in [0, 0.05) is 32.7 Å². The average Bonchev–Trinajstić information content (AvgIpc) is 3.04. The number of aryl methyl sites for hydroxylation is 1. The fourth-order valence-electron chi connectivity index (χ4n) is 5.32. The van der Waals surface area contributed by atoms with Crippen molar-refractivity contribution in [3.05, 3.63) is 64.7 Å². The van der Waals surface area contributed by atoms with Crippen LogP contribution in [0.2, 0.25) is 0 Å². The predicted octanol–water partition coefficient (Wildman–Crippen LogP) is 6.40. The Kier molecular flexibility index (Phi) is 8.95. The molecule has 5 heteroatoms. The summed E-state index contributed by atoms with van der Waals surface area (Å²) in [5.41, 5.74) is 5.29. The number of carbonyl (C=O) groups is 1. The topological polar surface area (TPSA) is 42.0 Å². The Bertz CT molecular complexity index is 1010. The fraction of sp³-hybridized carbons (Fsp3) is 0.581. The molecular weight excluding hydrogens is 448 g/mol. The number of benzene rings is 2. The highest BCUT2D eigenvalue weighted by molar-refractivity contribution is 5.68. The van der Waals surface area contributed by atoms with E-state index in [1.54, 1.807) is 0 Å². The van der Waals surface area contributed by atoms with Crippen LogP contribution >= 0.6 is 0 Å². The monoisotopic (exact) mass is 492 g/mol. The summed E-state index contributed by atoms with van der Waals surface area (Å²) in [6.07, 6.45) is 6.32. The standard InChI is InChI=1S/C31H44N2O3/c1-24-8-5-6-10-28(24)23-32-17-15-26-11-12-29(22-27(26)16-18-32)35-21-7-9-25-13-19-33(20-14-25)30(34)36-31(2,3)4/h5-6,8,10-12,22,25H,7,9,13-21,23H2,1-4H3. The summed E-state index contributed by atoms with van der Waals surface area (Å²) in [6.45, 7) is 13.5. The Morgan fingerprint density at radius 3 is 2.42 bits per heavy atom. The van der Waals surface area contributed by atoms with E-state index in [1.165, 1.54) is 22.3 Å². The van der Waals surface area contributed by atoms with Crippen LogP contribution in [0, 0.1) is 12.8 Å². The van der Waals surface area contributed by atoms with Crippen LogP contribution in [-0.2, 0) is 24.1 Å². The zero-order valence-electron chi connectivity index (χ0n) is 22.7. The molecule has 5 nitrogen and oxygen atoms in total. The van der Waals surface area contributed by atoms with Crippen LogP contribution in [0.1, 0.15) is 68.7 Å². The van der Waals surface area contributed by atoms with Crippen LogP contribution in [0.4, 0.5) is 4.79 Å². The van der Waals surface area contributed by atoms with Crippen molar-refractivity contribution < 1.29 is 14.3 Å². The van der Waals surface area contributed by atoms with Crippen molar-refractivity contribution in [3.8, 4) is 5.75 Å². The van der Waals surface area contributed by atoms with Gasteiger partial charge in [0.1, 0.15) is 11.4 Å². The van der Waals surface area contributed by atoms with Gasteiger partial charge in [-0.3, -0.25) is 4.90 Å². The van der Waals surface area contributed by atoms with Gasteiger partial charge in [-0.2, -0.15) is 0 Å². The second kappa shape index (κ2) is 12.1. The third-order valence-corrected chi connectivity index (χ3v) is 7.52. The maximum Gasteiger partial charge on any atom is 0.410 e. The molecule has 0 aliphatic carbocycles. The van der Waals surface area contributed by atoms with Crippen molar-refractivity contribution in [1.82, 2.24) is 9.80 Å². The summed E-state index contributed by atoms with van der Waals surface area (Å²) in [4.78, 5) is 16.7. The lowest BCUT2D eigenvalue weighted by Crippen LogP contribution is -2.41. The van der Waals surface area contributed by atoms with E-state index >= 15 is 0 Å². The van der Waals surface area contributed by atoms with Crippen molar-refractivity contribution in [2.45, 2.75) is 78.4 Å². The summed E-state index contributed by atoms with van der Waals surface area (Å²) in [7, 11) is 0. The first-order chi connectivity index (χ1) is 17.3. The van der Waals surface area contributed by atoms with Gasteiger partial charge in [0.25, 0.3) is 0 Å². The largest absolute Gasteiger partial charge is 0.494 e. The molecule has 2 aliphatic rings. The number of piperidine rings is 1. The Hall–Kier alpha value is -2.53. The molecule has 1 saturated heterocycles. The SMILES string of the molecule is Cc1ccccc1CN1CCc2ccc(OCCCC3CCN(C(=O)OC(C)(C)C)CC3)cc2CC1. The first-order valence-corrected chi connectivity index (χ1v) is 13.8. The number of carbonyl (C=O) groups excluding carboxylic acids is 1. The van der Waals surface area contributed by atoms with Crippen molar-refractivity contribution >= 4 is 6.09 Å². The number of amides is 1. The number of nitrogens with zero attached hydrogens (tertiary/aromatic N) is 2. The molecule has 0 N–H and O–H groups in total. The van der Waals surface area contributed by atoms with Crippen molar-refractivity contribution in [1.29, 1.82) is 0 Å². The summed E-state index contributed by atoms with van der Waals surface area (Å²) >= 11 is 0. The molecule has 2 aromatic carbocycles. The summed E-state index contributed by atoms with van der Waals surface area (Å²) in [5, 5.41) is 0. The van der Waals surface area contributed by atoms with E-state index in [2.05, 4.69) is 54.3 Å². The van der Waals surface area contributed by atoms with E-state index in [1.807, 2.05) is 25.7 Å². The van der Waals surface area contributed by atoms with Gasteiger partial charge in [0.05, 0.1) is 6.61 Å². The minimum Gasteiger partial charge on any atom is -0.494 e. The number of likely N-dealkylation sites (tertiary alicyclic amines) is 1. The number of ether oxygens (including phenoxy) is 2. The average molecular weight is 493 g/mol. The molecule has 0 unspecified atom stereocenters. The van der Waals surface area contributed by atoms with E-state index in [0.717, 1.165) is 83.6 Å². The van der Waals surface area contributed by atoms with E-state index in [4.69, 9.17) is 9.47 Å². The van der Waals surface area contributed by atoms with Gasteiger partial charge in [0.15, 0.2) is 0 Å². The van der Waals surface area contributed by atoms with Crippen molar-refractivity contribution in [2.24, 2.45) is 5.92 Å². The van der Waals surface area contributed by atoms with Crippen molar-refractivity contribution in [3.63, 3.8) is 0 Å². The Balaban J connectivity index is 1.17. The highest BCUT2D eigenvalue weighted by atomic mass is 16.6. The van der Waals surface area contributed by atoms with Crippen LogP contribution in [-0.4, -0.2) is 54.3 Å². The van der Waals surface area contributed by atoms with Crippen molar-refractivity contribution in [2.75, 3.05) is 32.8 Å².